The summed E-state index contributed by atoms with van der Waals surface area (Å²) in [7, 11) is 0. The van der Waals surface area contributed by atoms with E-state index in [1.54, 1.807) is 24.3 Å². The van der Waals surface area contributed by atoms with Crippen LogP contribution in [0.25, 0.3) is 0 Å². The van der Waals surface area contributed by atoms with Gasteiger partial charge in [-0.25, -0.2) is 0 Å². The van der Waals surface area contributed by atoms with Gasteiger partial charge in [0, 0.05) is 31.3 Å². The van der Waals surface area contributed by atoms with Crippen molar-refractivity contribution >= 4 is 17.6 Å². The van der Waals surface area contributed by atoms with Crippen molar-refractivity contribution in [1.29, 1.82) is 0 Å². The summed E-state index contributed by atoms with van der Waals surface area (Å²) in [5.74, 6) is 0.0928. The van der Waals surface area contributed by atoms with Gasteiger partial charge in [0.1, 0.15) is 5.75 Å². The summed E-state index contributed by atoms with van der Waals surface area (Å²) in [5, 5.41) is 6.09. The van der Waals surface area contributed by atoms with Gasteiger partial charge in [-0.05, 0) is 57.5 Å². The third-order valence-corrected chi connectivity index (χ3v) is 4.98. The minimum Gasteiger partial charge on any atom is -0.426 e. The van der Waals surface area contributed by atoms with Crippen molar-refractivity contribution in [2.45, 2.75) is 38.6 Å². The number of piperidine rings is 2. The average Bonchev–Trinajstić information content (AvgIpc) is 2.62. The summed E-state index contributed by atoms with van der Waals surface area (Å²) >= 11 is 0. The molecule has 6 heteroatoms. The van der Waals surface area contributed by atoms with Crippen LogP contribution < -0.4 is 15.4 Å². The highest BCUT2D eigenvalue weighted by Crippen LogP contribution is 2.25. The van der Waals surface area contributed by atoms with E-state index in [0.29, 0.717) is 17.5 Å². The molecule has 136 valence electrons. The topological polar surface area (TPSA) is 70.7 Å². The van der Waals surface area contributed by atoms with Crippen LogP contribution in [0, 0.1) is 5.92 Å². The Kier molecular flexibility index (Phi) is 6.04. The number of rotatable bonds is 4. The van der Waals surface area contributed by atoms with Crippen LogP contribution in [-0.2, 0) is 9.59 Å². The quantitative estimate of drug-likeness (QED) is 0.645. The maximum Gasteiger partial charge on any atom is 0.315 e. The zero-order valence-corrected chi connectivity index (χ0v) is 14.8. The Hall–Kier alpha value is -1.92. The van der Waals surface area contributed by atoms with Crippen LogP contribution in [0.4, 0.5) is 5.69 Å². The molecule has 2 heterocycles. The van der Waals surface area contributed by atoms with Gasteiger partial charge in [0.05, 0.1) is 5.92 Å². The van der Waals surface area contributed by atoms with Gasteiger partial charge in [-0.15, -0.1) is 0 Å². The lowest BCUT2D eigenvalue weighted by molar-refractivity contribution is -0.141. The van der Waals surface area contributed by atoms with Crippen molar-refractivity contribution in [1.82, 2.24) is 10.2 Å². The fraction of sp³-hybridized carbons (Fsp3) is 0.579. The maximum absolute atomic E-state index is 12.6. The summed E-state index contributed by atoms with van der Waals surface area (Å²) in [4.78, 5) is 26.2. The predicted molar refractivity (Wildman–Crippen MR) is 96.6 cm³/mol. The van der Waals surface area contributed by atoms with E-state index in [9.17, 15) is 9.59 Å². The van der Waals surface area contributed by atoms with Gasteiger partial charge < -0.3 is 15.4 Å². The van der Waals surface area contributed by atoms with E-state index in [-0.39, 0.29) is 17.8 Å². The van der Waals surface area contributed by atoms with Gasteiger partial charge in [0.25, 0.3) is 0 Å². The van der Waals surface area contributed by atoms with Crippen LogP contribution >= 0.6 is 0 Å². The number of anilines is 1. The van der Waals surface area contributed by atoms with E-state index in [4.69, 9.17) is 4.74 Å². The van der Waals surface area contributed by atoms with Crippen molar-refractivity contribution < 1.29 is 14.3 Å². The van der Waals surface area contributed by atoms with Crippen molar-refractivity contribution in [3.63, 3.8) is 0 Å². The van der Waals surface area contributed by atoms with Crippen molar-refractivity contribution in [3.8, 4) is 5.75 Å². The number of nitrogens with zero attached hydrogens (tertiary/aromatic N) is 1. The minimum absolute atomic E-state index is 0.0759. The van der Waals surface area contributed by atoms with Crippen molar-refractivity contribution in [2.75, 3.05) is 31.5 Å². The van der Waals surface area contributed by atoms with Crippen LogP contribution in [-0.4, -0.2) is 49.0 Å². The maximum atomic E-state index is 12.6. The number of nitrogens with one attached hydrogen (secondary N) is 2. The van der Waals surface area contributed by atoms with Gasteiger partial charge >= 0.3 is 5.97 Å². The Morgan fingerprint density at radius 2 is 2.04 bits per heavy atom. The Morgan fingerprint density at radius 3 is 2.80 bits per heavy atom. The molecule has 1 aromatic carbocycles. The van der Waals surface area contributed by atoms with Crippen LogP contribution in [0.3, 0.4) is 0 Å². The molecule has 0 spiro atoms. The molecule has 0 aromatic heterocycles. The highest BCUT2D eigenvalue weighted by Gasteiger charge is 2.31. The molecule has 1 unspecified atom stereocenters. The van der Waals surface area contributed by atoms with Gasteiger partial charge in [-0.1, -0.05) is 6.07 Å². The van der Waals surface area contributed by atoms with E-state index < -0.39 is 0 Å². The molecule has 1 aromatic rings. The molecule has 2 saturated heterocycles. The molecule has 2 N–H and O–H groups in total. The molecule has 0 aliphatic carbocycles. The SMILES string of the molecule is CC(=O)Nc1cccc(OC(=O)C2CCCN(C3CCNCC3)C2)c1. The first kappa shape index (κ1) is 17.9. The van der Waals surface area contributed by atoms with Crippen molar-refractivity contribution in [3.05, 3.63) is 24.3 Å². The standard InChI is InChI=1S/C19H27N3O3/c1-14(23)21-16-5-2-6-18(12-16)25-19(24)15-4-3-11-22(13-15)17-7-9-20-10-8-17/h2,5-6,12,15,17,20H,3-4,7-11,13H2,1H3,(H,21,23). The number of carbonyl (C=O) groups excluding carboxylic acids is 2. The van der Waals surface area contributed by atoms with Gasteiger partial charge in [0.2, 0.25) is 5.91 Å². The summed E-state index contributed by atoms with van der Waals surface area (Å²) in [6.45, 7) is 5.44. The Balaban J connectivity index is 1.58. The van der Waals surface area contributed by atoms with E-state index in [0.717, 1.165) is 51.9 Å². The molecule has 2 aliphatic heterocycles. The van der Waals surface area contributed by atoms with Crippen LogP contribution in [0.15, 0.2) is 24.3 Å². The van der Waals surface area contributed by atoms with Crippen molar-refractivity contribution in [2.24, 2.45) is 5.92 Å². The summed E-state index contributed by atoms with van der Waals surface area (Å²) < 4.78 is 5.58. The Bertz CT molecular complexity index is 614. The van der Waals surface area contributed by atoms with Crippen LogP contribution in [0.2, 0.25) is 0 Å². The summed E-state index contributed by atoms with van der Waals surface area (Å²) in [6, 6.07) is 7.57. The first-order chi connectivity index (χ1) is 12.1. The molecule has 1 amide bonds. The molecule has 0 saturated carbocycles. The monoisotopic (exact) mass is 345 g/mol. The summed E-state index contributed by atoms with van der Waals surface area (Å²) in [5.41, 5.74) is 0.637. The van der Waals surface area contributed by atoms with E-state index in [1.807, 2.05) is 0 Å². The lowest BCUT2D eigenvalue weighted by Gasteiger charge is -2.39. The number of hydrogen-bond donors (Lipinski definition) is 2. The third kappa shape index (κ3) is 5.03. The van der Waals surface area contributed by atoms with Gasteiger partial charge in [0.15, 0.2) is 0 Å². The molecule has 25 heavy (non-hydrogen) atoms. The molecular weight excluding hydrogens is 318 g/mol. The van der Waals surface area contributed by atoms with E-state index in [2.05, 4.69) is 15.5 Å². The number of carbonyl (C=O) groups is 2. The summed E-state index contributed by atoms with van der Waals surface area (Å²) in [6.07, 6.45) is 4.22. The first-order valence-corrected chi connectivity index (χ1v) is 9.16. The number of hydrogen-bond acceptors (Lipinski definition) is 5. The number of ether oxygens (including phenoxy) is 1. The second-order valence-corrected chi connectivity index (χ2v) is 6.95. The molecule has 2 fully saturated rings. The smallest absolute Gasteiger partial charge is 0.315 e. The molecular formula is C19H27N3O3. The second kappa shape index (κ2) is 8.45. The molecule has 3 rings (SSSR count). The average molecular weight is 345 g/mol. The zero-order chi connectivity index (χ0) is 17.6. The molecule has 0 radical (unpaired) electrons. The van der Waals surface area contributed by atoms with Gasteiger partial charge in [-0.2, -0.15) is 0 Å². The molecule has 2 aliphatic rings. The van der Waals surface area contributed by atoms with Crippen LogP contribution in [0.5, 0.6) is 5.75 Å². The molecule has 1 atom stereocenters. The van der Waals surface area contributed by atoms with E-state index in [1.165, 1.54) is 6.92 Å². The fourth-order valence-corrected chi connectivity index (χ4v) is 3.74. The normalized spacial score (nSPS) is 22.4. The first-order valence-electron chi connectivity index (χ1n) is 9.16. The minimum atomic E-state index is -0.168. The predicted octanol–water partition coefficient (Wildman–Crippen LogP) is 2.01. The second-order valence-electron chi connectivity index (χ2n) is 6.95. The number of benzene rings is 1. The molecule has 0 bridgehead atoms. The number of amides is 1. The molecule has 6 nitrogen and oxygen atoms in total. The number of likely N-dealkylation sites (tertiary alicyclic amines) is 1. The largest absolute Gasteiger partial charge is 0.426 e. The lowest BCUT2D eigenvalue weighted by Crippen LogP contribution is -2.49. The Morgan fingerprint density at radius 1 is 1.24 bits per heavy atom. The van der Waals surface area contributed by atoms with Gasteiger partial charge in [-0.3, -0.25) is 14.5 Å². The highest BCUT2D eigenvalue weighted by atomic mass is 16.5. The van der Waals surface area contributed by atoms with E-state index >= 15 is 0 Å². The van der Waals surface area contributed by atoms with Crippen LogP contribution in [0.1, 0.15) is 32.6 Å². The fourth-order valence-electron chi connectivity index (χ4n) is 3.74. The number of esters is 1. The zero-order valence-electron chi connectivity index (χ0n) is 14.8. The highest BCUT2D eigenvalue weighted by molar-refractivity contribution is 5.89. The lowest BCUT2D eigenvalue weighted by atomic mass is 9.94. The Labute approximate surface area is 148 Å². The third-order valence-electron chi connectivity index (χ3n) is 4.98.